The molecule has 154 valence electrons. The second-order valence-electron chi connectivity index (χ2n) is 8.05. The third kappa shape index (κ3) is 3.59. The van der Waals surface area contributed by atoms with E-state index >= 15 is 0 Å². The van der Waals surface area contributed by atoms with E-state index < -0.39 is 6.09 Å². The maximum absolute atomic E-state index is 13.0. The van der Waals surface area contributed by atoms with Gasteiger partial charge in [0.05, 0.1) is 5.92 Å². The Kier molecular flexibility index (Phi) is 5.02. The number of rotatable bonds is 3. The number of carbonyl (C=O) groups excluding carboxylic acids is 4. The van der Waals surface area contributed by atoms with Crippen molar-refractivity contribution in [3.05, 3.63) is 29.3 Å². The summed E-state index contributed by atoms with van der Waals surface area (Å²) in [4.78, 5) is 53.7. The first kappa shape index (κ1) is 19.4. The number of carbonyl (C=O) groups is 4. The van der Waals surface area contributed by atoms with E-state index in [1.807, 2.05) is 32.0 Å². The Hall–Kier alpha value is -2.90. The zero-order chi connectivity index (χ0) is 20.7. The second-order valence-corrected chi connectivity index (χ2v) is 8.05. The fourth-order valence-electron chi connectivity index (χ4n) is 4.34. The number of likely N-dealkylation sites (tertiary alicyclic amines) is 1. The van der Waals surface area contributed by atoms with Crippen LogP contribution in [0.1, 0.15) is 30.4 Å². The number of aryl methyl sites for hydroxylation is 2. The Morgan fingerprint density at radius 1 is 1.03 bits per heavy atom. The molecule has 3 saturated heterocycles. The summed E-state index contributed by atoms with van der Waals surface area (Å²) in [7, 11) is 0. The van der Waals surface area contributed by atoms with Crippen LogP contribution in [-0.4, -0.2) is 65.9 Å². The van der Waals surface area contributed by atoms with Crippen LogP contribution in [0.25, 0.3) is 0 Å². The molecular formula is C21H25N3O5. The SMILES string of the molecule is Cc1ccc(N2C[C@@H](C(=O)N3CCC(N4C(=O)COC4=O)CC3)CC2=O)cc1C. The summed E-state index contributed by atoms with van der Waals surface area (Å²) in [5, 5.41) is 0. The minimum Gasteiger partial charge on any atom is -0.439 e. The Bertz CT molecular complexity index is 859. The Morgan fingerprint density at radius 2 is 1.76 bits per heavy atom. The zero-order valence-electron chi connectivity index (χ0n) is 16.7. The van der Waals surface area contributed by atoms with Gasteiger partial charge in [0.1, 0.15) is 0 Å². The molecule has 0 bridgehead atoms. The molecule has 0 N–H and O–H groups in total. The van der Waals surface area contributed by atoms with Gasteiger partial charge in [0.2, 0.25) is 11.8 Å². The van der Waals surface area contributed by atoms with E-state index in [4.69, 9.17) is 4.74 Å². The highest BCUT2D eigenvalue weighted by molar-refractivity contribution is 6.00. The molecule has 3 heterocycles. The highest BCUT2D eigenvalue weighted by atomic mass is 16.6. The normalized spacial score (nSPS) is 23.2. The van der Waals surface area contributed by atoms with Crippen LogP contribution in [0, 0.1) is 19.8 Å². The molecule has 4 amide bonds. The smallest absolute Gasteiger partial charge is 0.417 e. The van der Waals surface area contributed by atoms with E-state index in [1.165, 1.54) is 4.90 Å². The van der Waals surface area contributed by atoms with Crippen LogP contribution in [-0.2, 0) is 19.1 Å². The minimum absolute atomic E-state index is 0.0292. The van der Waals surface area contributed by atoms with Gasteiger partial charge in [-0.05, 0) is 49.9 Å². The van der Waals surface area contributed by atoms with Crippen LogP contribution in [0.2, 0.25) is 0 Å². The standard InChI is InChI=1S/C21H25N3O5/c1-13-3-4-17(9-14(13)2)23-11-15(10-18(23)25)20(27)22-7-5-16(6-8-22)24-19(26)12-29-21(24)28/h3-4,9,15-16H,5-8,10-12H2,1-2H3/t15-/m0/s1. The van der Waals surface area contributed by atoms with Crippen LogP contribution >= 0.6 is 0 Å². The van der Waals surface area contributed by atoms with E-state index in [9.17, 15) is 19.2 Å². The first-order valence-electron chi connectivity index (χ1n) is 10.0. The summed E-state index contributed by atoms with van der Waals surface area (Å²) in [5.74, 6) is -0.741. The second kappa shape index (κ2) is 7.50. The largest absolute Gasteiger partial charge is 0.439 e. The highest BCUT2D eigenvalue weighted by Gasteiger charge is 2.41. The average molecular weight is 399 g/mol. The van der Waals surface area contributed by atoms with Crippen LogP contribution in [0.3, 0.4) is 0 Å². The molecule has 1 atom stereocenters. The Balaban J connectivity index is 1.37. The number of hydrogen-bond acceptors (Lipinski definition) is 5. The summed E-state index contributed by atoms with van der Waals surface area (Å²) in [6.07, 6.45) is 0.690. The fourth-order valence-corrected chi connectivity index (χ4v) is 4.34. The molecule has 29 heavy (non-hydrogen) atoms. The van der Waals surface area contributed by atoms with Gasteiger partial charge < -0.3 is 14.5 Å². The average Bonchev–Trinajstić information content (AvgIpc) is 3.26. The van der Waals surface area contributed by atoms with E-state index in [2.05, 4.69) is 0 Å². The molecule has 0 spiro atoms. The van der Waals surface area contributed by atoms with E-state index in [0.29, 0.717) is 32.5 Å². The monoisotopic (exact) mass is 399 g/mol. The summed E-state index contributed by atoms with van der Waals surface area (Å²) in [6.45, 7) is 5.15. The number of cyclic esters (lactones) is 1. The molecular weight excluding hydrogens is 374 g/mol. The highest BCUT2D eigenvalue weighted by Crippen LogP contribution is 2.29. The van der Waals surface area contributed by atoms with E-state index in [0.717, 1.165) is 16.8 Å². The fraction of sp³-hybridized carbons (Fsp3) is 0.524. The number of hydrogen-bond donors (Lipinski definition) is 0. The number of nitrogens with zero attached hydrogens (tertiary/aromatic N) is 3. The quantitative estimate of drug-likeness (QED) is 0.771. The van der Waals surface area contributed by atoms with Crippen molar-refractivity contribution >= 4 is 29.5 Å². The number of amides is 4. The van der Waals surface area contributed by atoms with Gasteiger partial charge >= 0.3 is 6.09 Å². The predicted molar refractivity (Wildman–Crippen MR) is 104 cm³/mol. The van der Waals surface area contributed by atoms with Crippen molar-refractivity contribution in [1.82, 2.24) is 9.80 Å². The molecule has 3 fully saturated rings. The lowest BCUT2D eigenvalue weighted by atomic mass is 10.0. The molecule has 4 rings (SSSR count). The molecule has 8 nitrogen and oxygen atoms in total. The molecule has 0 unspecified atom stereocenters. The van der Waals surface area contributed by atoms with Crippen LogP contribution in [0.5, 0.6) is 0 Å². The lowest BCUT2D eigenvalue weighted by molar-refractivity contribution is -0.137. The van der Waals surface area contributed by atoms with Crippen LogP contribution < -0.4 is 4.90 Å². The summed E-state index contributed by atoms with van der Waals surface area (Å²) in [5.41, 5.74) is 3.11. The molecule has 1 aromatic carbocycles. The Morgan fingerprint density at radius 3 is 2.38 bits per heavy atom. The van der Waals surface area contributed by atoms with Gasteiger partial charge in [-0.25, -0.2) is 9.69 Å². The molecule has 0 aliphatic carbocycles. The molecule has 0 aromatic heterocycles. The van der Waals surface area contributed by atoms with E-state index in [-0.39, 0.29) is 42.7 Å². The third-order valence-electron chi connectivity index (χ3n) is 6.20. The van der Waals surface area contributed by atoms with Gasteiger partial charge in [-0.2, -0.15) is 0 Å². The van der Waals surface area contributed by atoms with Crippen molar-refractivity contribution in [2.45, 2.75) is 39.2 Å². The lowest BCUT2D eigenvalue weighted by Gasteiger charge is -2.35. The zero-order valence-corrected chi connectivity index (χ0v) is 16.7. The van der Waals surface area contributed by atoms with Crippen LogP contribution in [0.4, 0.5) is 10.5 Å². The molecule has 0 saturated carbocycles. The topological polar surface area (TPSA) is 87.2 Å². The molecule has 8 heteroatoms. The molecule has 3 aliphatic rings. The van der Waals surface area contributed by atoms with Crippen molar-refractivity contribution in [1.29, 1.82) is 0 Å². The van der Waals surface area contributed by atoms with Crippen molar-refractivity contribution < 1.29 is 23.9 Å². The van der Waals surface area contributed by atoms with Gasteiger partial charge in [0.15, 0.2) is 6.61 Å². The summed E-state index contributed by atoms with van der Waals surface area (Å²) < 4.78 is 4.78. The van der Waals surface area contributed by atoms with Crippen molar-refractivity contribution in [3.8, 4) is 0 Å². The third-order valence-corrected chi connectivity index (χ3v) is 6.20. The molecule has 0 radical (unpaired) electrons. The first-order chi connectivity index (χ1) is 13.8. The van der Waals surface area contributed by atoms with Gasteiger partial charge in [0, 0.05) is 37.8 Å². The van der Waals surface area contributed by atoms with Crippen molar-refractivity contribution in [3.63, 3.8) is 0 Å². The first-order valence-corrected chi connectivity index (χ1v) is 10.0. The van der Waals surface area contributed by atoms with Crippen molar-refractivity contribution in [2.24, 2.45) is 5.92 Å². The van der Waals surface area contributed by atoms with Gasteiger partial charge in [-0.3, -0.25) is 14.4 Å². The van der Waals surface area contributed by atoms with Crippen LogP contribution in [0.15, 0.2) is 18.2 Å². The molecule has 3 aliphatic heterocycles. The number of ether oxygens (including phenoxy) is 1. The van der Waals surface area contributed by atoms with Crippen molar-refractivity contribution in [2.75, 3.05) is 31.1 Å². The summed E-state index contributed by atoms with van der Waals surface area (Å²) >= 11 is 0. The molecule has 1 aromatic rings. The lowest BCUT2D eigenvalue weighted by Crippen LogP contribution is -2.49. The maximum atomic E-state index is 13.0. The predicted octanol–water partition coefficient (Wildman–Crippen LogP) is 1.63. The van der Waals surface area contributed by atoms with E-state index in [1.54, 1.807) is 9.80 Å². The van der Waals surface area contributed by atoms with Gasteiger partial charge in [-0.15, -0.1) is 0 Å². The number of benzene rings is 1. The summed E-state index contributed by atoms with van der Waals surface area (Å²) in [6, 6.07) is 5.67. The van der Waals surface area contributed by atoms with Gasteiger partial charge in [0.25, 0.3) is 5.91 Å². The number of piperidine rings is 1. The minimum atomic E-state index is -0.592. The number of imide groups is 1. The number of anilines is 1. The maximum Gasteiger partial charge on any atom is 0.417 e. The van der Waals surface area contributed by atoms with Gasteiger partial charge in [-0.1, -0.05) is 6.07 Å². The Labute approximate surface area is 169 Å².